The van der Waals surface area contributed by atoms with E-state index in [9.17, 15) is 9.59 Å². The van der Waals surface area contributed by atoms with Crippen LogP contribution in [-0.4, -0.2) is 57.8 Å². The number of amides is 2. The second kappa shape index (κ2) is 7.57. The molecule has 0 radical (unpaired) electrons. The molecule has 20 heavy (non-hydrogen) atoms. The molecular formula is C14H22N4O2. The number of carbonyl (C=O) groups is 2. The lowest BCUT2D eigenvalue weighted by Gasteiger charge is -2.19. The standard InChI is InChI=1S/C14H22N4O2/c1-5-17(6-2)13(19)11-9-12(16-10-15-11)14(20)18(7-3)8-4/h9-10H,5-8H2,1-4H3. The molecule has 0 N–H and O–H groups in total. The zero-order chi connectivity index (χ0) is 15.1. The molecule has 0 aromatic carbocycles. The zero-order valence-corrected chi connectivity index (χ0v) is 12.6. The van der Waals surface area contributed by atoms with Gasteiger partial charge in [0.1, 0.15) is 17.7 Å². The monoisotopic (exact) mass is 278 g/mol. The lowest BCUT2D eigenvalue weighted by Crippen LogP contribution is -2.33. The third-order valence-corrected chi connectivity index (χ3v) is 3.21. The molecule has 110 valence electrons. The minimum Gasteiger partial charge on any atom is -0.338 e. The maximum atomic E-state index is 12.2. The van der Waals surface area contributed by atoms with Crippen molar-refractivity contribution < 1.29 is 9.59 Å². The summed E-state index contributed by atoms with van der Waals surface area (Å²) >= 11 is 0. The van der Waals surface area contributed by atoms with Gasteiger partial charge in [0, 0.05) is 32.2 Å². The topological polar surface area (TPSA) is 66.4 Å². The predicted octanol–water partition coefficient (Wildman–Crippen LogP) is 1.44. The third-order valence-electron chi connectivity index (χ3n) is 3.21. The first-order valence-electron chi connectivity index (χ1n) is 6.99. The van der Waals surface area contributed by atoms with E-state index in [1.807, 2.05) is 27.7 Å². The molecule has 1 heterocycles. The van der Waals surface area contributed by atoms with Crippen LogP contribution in [0.15, 0.2) is 12.4 Å². The molecule has 0 aliphatic heterocycles. The Morgan fingerprint density at radius 2 is 1.20 bits per heavy atom. The summed E-state index contributed by atoms with van der Waals surface area (Å²) in [6.45, 7) is 10.1. The van der Waals surface area contributed by atoms with E-state index in [-0.39, 0.29) is 23.2 Å². The summed E-state index contributed by atoms with van der Waals surface area (Å²) in [5.74, 6) is -0.350. The Labute approximate surface area is 119 Å². The van der Waals surface area contributed by atoms with E-state index in [4.69, 9.17) is 0 Å². The Kier molecular flexibility index (Phi) is 6.09. The Balaban J connectivity index is 3.01. The minimum absolute atomic E-state index is 0.175. The van der Waals surface area contributed by atoms with E-state index >= 15 is 0 Å². The molecular weight excluding hydrogens is 256 g/mol. The number of rotatable bonds is 6. The number of carbonyl (C=O) groups excluding carboxylic acids is 2. The van der Waals surface area contributed by atoms with Gasteiger partial charge in [0.25, 0.3) is 11.8 Å². The summed E-state index contributed by atoms with van der Waals surface area (Å²) in [4.78, 5) is 35.7. The first kappa shape index (κ1) is 16.1. The van der Waals surface area contributed by atoms with Gasteiger partial charge in [0.05, 0.1) is 0 Å². The second-order valence-electron chi connectivity index (χ2n) is 4.24. The zero-order valence-electron chi connectivity index (χ0n) is 12.6. The SMILES string of the molecule is CCN(CC)C(=O)c1cc(C(=O)N(CC)CC)ncn1. The molecule has 6 heteroatoms. The van der Waals surface area contributed by atoms with E-state index in [0.29, 0.717) is 26.2 Å². The Bertz CT molecular complexity index is 429. The highest BCUT2D eigenvalue weighted by atomic mass is 16.2. The van der Waals surface area contributed by atoms with Crippen LogP contribution in [0, 0.1) is 0 Å². The lowest BCUT2D eigenvalue weighted by atomic mass is 10.2. The molecule has 1 aromatic rings. The average Bonchev–Trinajstić information content (AvgIpc) is 2.49. The van der Waals surface area contributed by atoms with Gasteiger partial charge in [-0.25, -0.2) is 9.97 Å². The molecule has 0 saturated carbocycles. The van der Waals surface area contributed by atoms with Crippen LogP contribution in [0.1, 0.15) is 48.7 Å². The number of aromatic nitrogens is 2. The van der Waals surface area contributed by atoms with E-state index in [1.165, 1.54) is 12.4 Å². The van der Waals surface area contributed by atoms with E-state index in [2.05, 4.69) is 9.97 Å². The van der Waals surface area contributed by atoms with Crippen molar-refractivity contribution in [2.24, 2.45) is 0 Å². The molecule has 0 unspecified atom stereocenters. The van der Waals surface area contributed by atoms with Crippen molar-refractivity contribution in [2.75, 3.05) is 26.2 Å². The summed E-state index contributed by atoms with van der Waals surface area (Å²) in [6.07, 6.45) is 1.27. The normalized spacial score (nSPS) is 10.2. The molecule has 0 saturated heterocycles. The molecule has 0 atom stereocenters. The van der Waals surface area contributed by atoms with Crippen LogP contribution in [0.25, 0.3) is 0 Å². The molecule has 1 aromatic heterocycles. The van der Waals surface area contributed by atoms with Crippen molar-refractivity contribution in [2.45, 2.75) is 27.7 Å². The highest BCUT2D eigenvalue weighted by molar-refractivity contribution is 5.97. The maximum absolute atomic E-state index is 12.2. The summed E-state index contributed by atoms with van der Waals surface area (Å²) in [5.41, 5.74) is 0.526. The van der Waals surface area contributed by atoms with Crippen molar-refractivity contribution in [1.29, 1.82) is 0 Å². The van der Waals surface area contributed by atoms with Crippen molar-refractivity contribution in [3.05, 3.63) is 23.8 Å². The maximum Gasteiger partial charge on any atom is 0.272 e. The van der Waals surface area contributed by atoms with Gasteiger partial charge in [0.2, 0.25) is 0 Å². The van der Waals surface area contributed by atoms with Gasteiger partial charge >= 0.3 is 0 Å². The smallest absolute Gasteiger partial charge is 0.272 e. The summed E-state index contributed by atoms with van der Waals surface area (Å²) in [6, 6.07) is 1.47. The van der Waals surface area contributed by atoms with Crippen molar-refractivity contribution in [3.63, 3.8) is 0 Å². The molecule has 1 rings (SSSR count). The van der Waals surface area contributed by atoms with Crippen LogP contribution in [0.3, 0.4) is 0 Å². The highest BCUT2D eigenvalue weighted by Crippen LogP contribution is 2.06. The summed E-state index contributed by atoms with van der Waals surface area (Å²) in [7, 11) is 0. The van der Waals surface area contributed by atoms with Crippen LogP contribution in [0.2, 0.25) is 0 Å². The van der Waals surface area contributed by atoms with Crippen LogP contribution >= 0.6 is 0 Å². The van der Waals surface area contributed by atoms with Gasteiger partial charge in [-0.2, -0.15) is 0 Å². The molecule has 0 aliphatic carbocycles. The quantitative estimate of drug-likeness (QED) is 0.789. The first-order valence-corrected chi connectivity index (χ1v) is 6.99. The van der Waals surface area contributed by atoms with E-state index in [0.717, 1.165) is 0 Å². The fourth-order valence-corrected chi connectivity index (χ4v) is 1.94. The Hall–Kier alpha value is -1.98. The Morgan fingerprint density at radius 1 is 0.850 bits per heavy atom. The fourth-order valence-electron chi connectivity index (χ4n) is 1.94. The fraction of sp³-hybridized carbons (Fsp3) is 0.571. The van der Waals surface area contributed by atoms with Crippen LogP contribution in [0.4, 0.5) is 0 Å². The van der Waals surface area contributed by atoms with Gasteiger partial charge in [-0.15, -0.1) is 0 Å². The third kappa shape index (κ3) is 3.53. The van der Waals surface area contributed by atoms with Gasteiger partial charge in [-0.1, -0.05) is 0 Å². The average molecular weight is 278 g/mol. The molecule has 6 nitrogen and oxygen atoms in total. The van der Waals surface area contributed by atoms with Gasteiger partial charge < -0.3 is 9.80 Å². The minimum atomic E-state index is -0.175. The lowest BCUT2D eigenvalue weighted by molar-refractivity contribution is 0.0764. The van der Waals surface area contributed by atoms with Crippen LogP contribution < -0.4 is 0 Å². The first-order chi connectivity index (χ1) is 9.58. The largest absolute Gasteiger partial charge is 0.338 e. The van der Waals surface area contributed by atoms with Gasteiger partial charge in [0.15, 0.2) is 0 Å². The molecule has 0 fully saturated rings. The van der Waals surface area contributed by atoms with Gasteiger partial charge in [-0.05, 0) is 27.7 Å². The summed E-state index contributed by atoms with van der Waals surface area (Å²) < 4.78 is 0. The van der Waals surface area contributed by atoms with Crippen molar-refractivity contribution in [1.82, 2.24) is 19.8 Å². The number of hydrogen-bond donors (Lipinski definition) is 0. The molecule has 0 aliphatic rings. The number of nitrogens with zero attached hydrogens (tertiary/aromatic N) is 4. The molecule has 0 bridgehead atoms. The molecule has 0 spiro atoms. The number of hydrogen-bond acceptors (Lipinski definition) is 4. The van der Waals surface area contributed by atoms with E-state index < -0.39 is 0 Å². The van der Waals surface area contributed by atoms with Crippen molar-refractivity contribution in [3.8, 4) is 0 Å². The van der Waals surface area contributed by atoms with Gasteiger partial charge in [-0.3, -0.25) is 9.59 Å². The van der Waals surface area contributed by atoms with Crippen LogP contribution in [0.5, 0.6) is 0 Å². The predicted molar refractivity (Wildman–Crippen MR) is 76.5 cm³/mol. The second-order valence-corrected chi connectivity index (χ2v) is 4.24. The van der Waals surface area contributed by atoms with E-state index in [1.54, 1.807) is 9.80 Å². The molecule has 2 amide bonds. The summed E-state index contributed by atoms with van der Waals surface area (Å²) in [5, 5.41) is 0. The highest BCUT2D eigenvalue weighted by Gasteiger charge is 2.19. The van der Waals surface area contributed by atoms with Crippen LogP contribution in [-0.2, 0) is 0 Å². The Morgan fingerprint density at radius 3 is 1.50 bits per heavy atom. The van der Waals surface area contributed by atoms with Crippen molar-refractivity contribution >= 4 is 11.8 Å².